The normalized spacial score (nSPS) is 11.2. The lowest BCUT2D eigenvalue weighted by atomic mass is 10.2. The first-order valence-corrected chi connectivity index (χ1v) is 9.46. The summed E-state index contributed by atoms with van der Waals surface area (Å²) in [6.45, 7) is 0. The predicted octanol–water partition coefficient (Wildman–Crippen LogP) is 0.0644. The van der Waals surface area contributed by atoms with Crippen molar-refractivity contribution in [2.45, 2.75) is 9.79 Å². The van der Waals surface area contributed by atoms with E-state index in [9.17, 15) is 26.4 Å². The molecule has 6 N–H and O–H groups in total. The highest BCUT2D eigenvalue weighted by Crippen LogP contribution is 2.14. The molecule has 0 heterocycles. The van der Waals surface area contributed by atoms with E-state index in [0.29, 0.717) is 0 Å². The molecule has 0 atom stereocenters. The molecule has 10 nitrogen and oxygen atoms in total. The Hall–Kier alpha value is -2.80. The maximum atomic E-state index is 10.7. The minimum atomic E-state index is -4.38. The van der Waals surface area contributed by atoms with E-state index >= 15 is 0 Å². The van der Waals surface area contributed by atoms with Gasteiger partial charge in [0.05, 0.1) is 11.1 Å². The molecule has 0 bridgehead atoms. The van der Waals surface area contributed by atoms with Gasteiger partial charge >= 0.3 is 0 Å². The number of carbonyl (C=O) groups is 2. The number of amides is 2. The number of hydrogen-bond acceptors (Lipinski definition) is 6. The topological polar surface area (TPSA) is 195 Å². The van der Waals surface area contributed by atoms with Gasteiger partial charge < -0.3 is 11.5 Å². The molecule has 26 heavy (non-hydrogen) atoms. The Balaban J connectivity index is 0.000000260. The van der Waals surface area contributed by atoms with E-state index in [1.807, 2.05) is 0 Å². The smallest absolute Gasteiger partial charge is 0.295 e. The van der Waals surface area contributed by atoms with Gasteiger partial charge in [-0.05, 0) is 24.3 Å². The van der Waals surface area contributed by atoms with Crippen LogP contribution in [0.2, 0.25) is 0 Å². The molecule has 0 aromatic heterocycles. The Bertz CT molecular complexity index is 961. The second kappa shape index (κ2) is 8.05. The van der Waals surface area contributed by atoms with Gasteiger partial charge in [-0.2, -0.15) is 16.8 Å². The van der Waals surface area contributed by atoms with Crippen molar-refractivity contribution in [2.75, 3.05) is 0 Å². The van der Waals surface area contributed by atoms with Gasteiger partial charge in [0.25, 0.3) is 20.2 Å². The molecule has 0 aliphatic rings. The van der Waals surface area contributed by atoms with Gasteiger partial charge in [-0.3, -0.25) is 18.7 Å². The monoisotopic (exact) mass is 402 g/mol. The van der Waals surface area contributed by atoms with Crippen molar-refractivity contribution >= 4 is 32.1 Å². The zero-order chi connectivity index (χ0) is 20.1. The highest BCUT2D eigenvalue weighted by atomic mass is 32.2. The number of nitrogens with two attached hydrogens (primary N) is 2. The SMILES string of the molecule is NC(=O)c1ccccc1S(=O)(=O)O.NC(=O)c1ccccc1S(=O)(=O)O. The van der Waals surface area contributed by atoms with Crippen LogP contribution < -0.4 is 11.5 Å². The molecule has 140 valence electrons. The van der Waals surface area contributed by atoms with Gasteiger partial charge in [0.2, 0.25) is 11.8 Å². The number of hydrogen-bond donors (Lipinski definition) is 4. The Morgan fingerprint density at radius 2 is 0.923 bits per heavy atom. The fourth-order valence-corrected chi connectivity index (χ4v) is 3.18. The summed E-state index contributed by atoms with van der Waals surface area (Å²) in [6, 6.07) is 10.3. The quantitative estimate of drug-likeness (QED) is 0.515. The molecule has 0 aliphatic heterocycles. The van der Waals surface area contributed by atoms with Crippen molar-refractivity contribution in [1.82, 2.24) is 0 Å². The zero-order valence-electron chi connectivity index (χ0n) is 12.9. The average Bonchev–Trinajstić information content (AvgIpc) is 2.54. The van der Waals surface area contributed by atoms with Gasteiger partial charge in [0, 0.05) is 0 Å². The van der Waals surface area contributed by atoms with Crippen LogP contribution in [-0.2, 0) is 20.2 Å². The third kappa shape index (κ3) is 5.63. The summed E-state index contributed by atoms with van der Waals surface area (Å²) in [7, 11) is -8.76. The van der Waals surface area contributed by atoms with E-state index in [0.717, 1.165) is 12.1 Å². The number of primary amides is 2. The third-order valence-electron chi connectivity index (χ3n) is 2.86. The molecule has 2 aromatic rings. The van der Waals surface area contributed by atoms with Crippen LogP contribution in [-0.4, -0.2) is 37.8 Å². The van der Waals surface area contributed by atoms with Gasteiger partial charge in [0.15, 0.2) is 0 Å². The second-order valence-corrected chi connectivity index (χ2v) is 7.45. The minimum absolute atomic E-state index is 0.218. The van der Waals surface area contributed by atoms with Crippen molar-refractivity contribution in [1.29, 1.82) is 0 Å². The van der Waals surface area contributed by atoms with Crippen LogP contribution in [0.4, 0.5) is 0 Å². The lowest BCUT2D eigenvalue weighted by Crippen LogP contribution is -2.15. The summed E-state index contributed by atoms with van der Waals surface area (Å²) in [5.41, 5.74) is 9.36. The first-order valence-electron chi connectivity index (χ1n) is 6.58. The minimum Gasteiger partial charge on any atom is -0.366 e. The van der Waals surface area contributed by atoms with Crippen molar-refractivity contribution in [3.8, 4) is 0 Å². The zero-order valence-corrected chi connectivity index (χ0v) is 14.6. The third-order valence-corrected chi connectivity index (χ3v) is 4.68. The molecule has 0 unspecified atom stereocenters. The molecule has 12 heteroatoms. The van der Waals surface area contributed by atoms with Gasteiger partial charge in [-0.25, -0.2) is 0 Å². The van der Waals surface area contributed by atoms with Crippen LogP contribution in [0.3, 0.4) is 0 Å². The Morgan fingerprint density at radius 3 is 1.12 bits per heavy atom. The van der Waals surface area contributed by atoms with Gasteiger partial charge in [-0.15, -0.1) is 0 Å². The molecular formula is C14H14N2O8S2. The van der Waals surface area contributed by atoms with Crippen LogP contribution >= 0.6 is 0 Å². The lowest BCUT2D eigenvalue weighted by Gasteiger charge is -2.01. The van der Waals surface area contributed by atoms with E-state index in [2.05, 4.69) is 0 Å². The number of benzene rings is 2. The highest BCUT2D eigenvalue weighted by Gasteiger charge is 2.18. The fourth-order valence-electron chi connectivity index (χ4n) is 1.79. The molecule has 0 radical (unpaired) electrons. The molecule has 0 fully saturated rings. The van der Waals surface area contributed by atoms with Crippen LogP contribution in [0.1, 0.15) is 20.7 Å². The molecule has 0 spiro atoms. The van der Waals surface area contributed by atoms with Gasteiger partial charge in [-0.1, -0.05) is 24.3 Å². The Kier molecular flexibility index (Phi) is 6.58. The Morgan fingerprint density at radius 1 is 0.654 bits per heavy atom. The number of carbonyl (C=O) groups excluding carboxylic acids is 2. The van der Waals surface area contributed by atoms with Crippen LogP contribution in [0, 0.1) is 0 Å². The largest absolute Gasteiger partial charge is 0.366 e. The first-order chi connectivity index (χ1) is 11.9. The van der Waals surface area contributed by atoms with E-state index in [-0.39, 0.29) is 11.1 Å². The molecule has 0 saturated heterocycles. The molecular weight excluding hydrogens is 388 g/mol. The molecule has 0 saturated carbocycles. The van der Waals surface area contributed by atoms with E-state index < -0.39 is 41.8 Å². The summed E-state index contributed by atoms with van der Waals surface area (Å²) >= 11 is 0. The molecule has 2 aromatic carbocycles. The van der Waals surface area contributed by atoms with Crippen LogP contribution in [0.5, 0.6) is 0 Å². The van der Waals surface area contributed by atoms with Crippen LogP contribution in [0.15, 0.2) is 58.3 Å². The van der Waals surface area contributed by atoms with Crippen molar-refractivity contribution in [3.63, 3.8) is 0 Å². The van der Waals surface area contributed by atoms with Crippen molar-refractivity contribution in [2.24, 2.45) is 11.5 Å². The highest BCUT2D eigenvalue weighted by molar-refractivity contribution is 7.86. The summed E-state index contributed by atoms with van der Waals surface area (Å²) in [4.78, 5) is 20.5. The average molecular weight is 402 g/mol. The van der Waals surface area contributed by atoms with E-state index in [1.165, 1.54) is 36.4 Å². The lowest BCUT2D eigenvalue weighted by molar-refractivity contribution is 0.0988. The standard InChI is InChI=1S/2C7H7NO4S/c2*8-7(9)5-3-1-2-4-6(5)13(10,11)12/h2*1-4H,(H2,8,9)(H,10,11,12). The maximum absolute atomic E-state index is 10.7. The summed E-state index contributed by atoms with van der Waals surface area (Å²) in [5, 5.41) is 0. The van der Waals surface area contributed by atoms with Crippen molar-refractivity contribution in [3.05, 3.63) is 59.7 Å². The first kappa shape index (κ1) is 21.2. The number of rotatable bonds is 4. The Labute approximate surface area is 148 Å². The van der Waals surface area contributed by atoms with E-state index in [4.69, 9.17) is 20.6 Å². The molecule has 2 amide bonds. The summed E-state index contributed by atoms with van der Waals surface area (Å²) < 4.78 is 60.2. The second-order valence-electron chi connectivity index (χ2n) is 4.67. The predicted molar refractivity (Wildman–Crippen MR) is 89.5 cm³/mol. The van der Waals surface area contributed by atoms with Crippen molar-refractivity contribution < 1.29 is 35.5 Å². The molecule has 2 rings (SSSR count). The maximum Gasteiger partial charge on any atom is 0.295 e. The van der Waals surface area contributed by atoms with E-state index in [1.54, 1.807) is 0 Å². The van der Waals surface area contributed by atoms with Gasteiger partial charge in [0.1, 0.15) is 9.79 Å². The van der Waals surface area contributed by atoms with Crippen LogP contribution in [0.25, 0.3) is 0 Å². The fraction of sp³-hybridized carbons (Fsp3) is 0. The molecule has 0 aliphatic carbocycles. The summed E-state index contributed by atoms with van der Waals surface area (Å²) in [6.07, 6.45) is 0. The summed E-state index contributed by atoms with van der Waals surface area (Å²) in [5.74, 6) is -1.79.